The maximum Gasteiger partial charge on any atom is 0.152 e. The standard InChI is InChI=1S/C17H21BrN4O/c1-4-23-9-14-21-15-16(22(14)8-10(2)3)12-6-5-11(18)7-13(12)20-17(15)19/h5-7,10H,4,8-9H2,1-3H3,(H2,19,20). The van der Waals surface area contributed by atoms with Crippen molar-refractivity contribution in [2.75, 3.05) is 12.3 Å². The Labute approximate surface area is 144 Å². The summed E-state index contributed by atoms with van der Waals surface area (Å²) in [6, 6.07) is 6.08. The van der Waals surface area contributed by atoms with Gasteiger partial charge in [0.15, 0.2) is 5.82 Å². The molecule has 0 radical (unpaired) electrons. The lowest BCUT2D eigenvalue weighted by Crippen LogP contribution is -2.10. The van der Waals surface area contributed by atoms with Crippen molar-refractivity contribution in [1.29, 1.82) is 0 Å². The largest absolute Gasteiger partial charge is 0.382 e. The molecule has 23 heavy (non-hydrogen) atoms. The van der Waals surface area contributed by atoms with Gasteiger partial charge in [-0.3, -0.25) is 0 Å². The smallest absolute Gasteiger partial charge is 0.152 e. The Morgan fingerprint density at radius 3 is 2.78 bits per heavy atom. The molecular weight excluding hydrogens is 356 g/mol. The van der Waals surface area contributed by atoms with Gasteiger partial charge in [0.1, 0.15) is 17.9 Å². The molecule has 0 spiro atoms. The van der Waals surface area contributed by atoms with E-state index in [0.717, 1.165) is 38.8 Å². The zero-order chi connectivity index (χ0) is 16.6. The van der Waals surface area contributed by atoms with Crippen LogP contribution in [0.3, 0.4) is 0 Å². The third-order valence-corrected chi connectivity index (χ3v) is 4.22. The van der Waals surface area contributed by atoms with Crippen molar-refractivity contribution in [3.05, 3.63) is 28.5 Å². The van der Waals surface area contributed by atoms with Crippen LogP contribution in [-0.4, -0.2) is 21.1 Å². The predicted octanol–water partition coefficient (Wildman–Crippen LogP) is 4.12. The van der Waals surface area contributed by atoms with Gasteiger partial charge in [0.25, 0.3) is 0 Å². The van der Waals surface area contributed by atoms with Crippen molar-refractivity contribution < 1.29 is 4.74 Å². The Morgan fingerprint density at radius 1 is 1.30 bits per heavy atom. The summed E-state index contributed by atoms with van der Waals surface area (Å²) in [6.45, 7) is 8.38. The Kier molecular flexibility index (Phi) is 4.55. The van der Waals surface area contributed by atoms with Gasteiger partial charge in [-0.25, -0.2) is 9.97 Å². The van der Waals surface area contributed by atoms with E-state index in [4.69, 9.17) is 15.5 Å². The van der Waals surface area contributed by atoms with E-state index in [-0.39, 0.29) is 0 Å². The minimum Gasteiger partial charge on any atom is -0.382 e. The first-order valence-electron chi connectivity index (χ1n) is 7.82. The molecule has 0 aliphatic heterocycles. The monoisotopic (exact) mass is 376 g/mol. The lowest BCUT2D eigenvalue weighted by molar-refractivity contribution is 0.125. The second-order valence-corrected chi connectivity index (χ2v) is 6.94. The first-order chi connectivity index (χ1) is 11.0. The van der Waals surface area contributed by atoms with Crippen LogP contribution < -0.4 is 5.73 Å². The summed E-state index contributed by atoms with van der Waals surface area (Å²) in [5, 5.41) is 1.06. The third-order valence-electron chi connectivity index (χ3n) is 3.73. The molecule has 0 bridgehead atoms. The summed E-state index contributed by atoms with van der Waals surface area (Å²) in [5.74, 6) is 1.86. The van der Waals surface area contributed by atoms with Crippen molar-refractivity contribution in [3.63, 3.8) is 0 Å². The van der Waals surface area contributed by atoms with E-state index in [1.165, 1.54) is 0 Å². The molecule has 0 atom stereocenters. The number of nitrogens with zero attached hydrogens (tertiary/aromatic N) is 3. The predicted molar refractivity (Wildman–Crippen MR) is 97.3 cm³/mol. The number of ether oxygens (including phenoxy) is 1. The number of nitrogen functional groups attached to an aromatic ring is 1. The summed E-state index contributed by atoms with van der Waals surface area (Å²) in [7, 11) is 0. The number of nitrogens with two attached hydrogens (primary N) is 1. The maximum absolute atomic E-state index is 6.17. The van der Waals surface area contributed by atoms with E-state index in [1.54, 1.807) is 0 Å². The Bertz CT molecular complexity index is 857. The number of imidazole rings is 1. The Hall–Kier alpha value is -1.66. The second kappa shape index (κ2) is 6.45. The van der Waals surface area contributed by atoms with Crippen LogP contribution in [0, 0.1) is 5.92 Å². The minimum absolute atomic E-state index is 0.464. The van der Waals surface area contributed by atoms with E-state index in [0.29, 0.717) is 24.9 Å². The van der Waals surface area contributed by atoms with Crippen LogP contribution in [0.5, 0.6) is 0 Å². The third kappa shape index (κ3) is 3.05. The maximum atomic E-state index is 6.17. The summed E-state index contributed by atoms with van der Waals surface area (Å²) in [6.07, 6.45) is 0. The topological polar surface area (TPSA) is 66.0 Å². The molecule has 0 aliphatic rings. The number of halogens is 1. The molecule has 2 heterocycles. The molecule has 122 valence electrons. The van der Waals surface area contributed by atoms with Crippen molar-refractivity contribution in [2.24, 2.45) is 5.92 Å². The average Bonchev–Trinajstić information content (AvgIpc) is 2.84. The van der Waals surface area contributed by atoms with Crippen molar-refractivity contribution in [1.82, 2.24) is 14.5 Å². The summed E-state index contributed by atoms with van der Waals surface area (Å²) in [5.41, 5.74) is 8.85. The molecule has 2 aromatic heterocycles. The Morgan fingerprint density at radius 2 is 2.09 bits per heavy atom. The van der Waals surface area contributed by atoms with Crippen LogP contribution in [0.2, 0.25) is 0 Å². The van der Waals surface area contributed by atoms with E-state index < -0.39 is 0 Å². The van der Waals surface area contributed by atoms with Gasteiger partial charge in [0, 0.05) is 23.0 Å². The zero-order valence-electron chi connectivity index (χ0n) is 13.6. The van der Waals surface area contributed by atoms with Gasteiger partial charge < -0.3 is 15.0 Å². The highest BCUT2D eigenvalue weighted by Crippen LogP contribution is 2.31. The highest BCUT2D eigenvalue weighted by atomic mass is 79.9. The molecule has 0 saturated carbocycles. The lowest BCUT2D eigenvalue weighted by atomic mass is 10.1. The summed E-state index contributed by atoms with van der Waals surface area (Å²) < 4.78 is 8.80. The van der Waals surface area contributed by atoms with Gasteiger partial charge in [-0.05, 0) is 31.0 Å². The van der Waals surface area contributed by atoms with Crippen LogP contribution >= 0.6 is 15.9 Å². The molecule has 1 aromatic carbocycles. The number of pyridine rings is 1. The molecule has 0 amide bonds. The molecule has 3 aromatic rings. The summed E-state index contributed by atoms with van der Waals surface area (Å²) >= 11 is 3.50. The molecule has 5 nitrogen and oxygen atoms in total. The summed E-state index contributed by atoms with van der Waals surface area (Å²) in [4.78, 5) is 9.22. The molecule has 3 rings (SSSR count). The molecule has 0 aliphatic carbocycles. The molecule has 6 heteroatoms. The van der Waals surface area contributed by atoms with Crippen molar-refractivity contribution in [3.8, 4) is 0 Å². The van der Waals surface area contributed by atoms with E-state index in [2.05, 4.69) is 45.4 Å². The van der Waals surface area contributed by atoms with Crippen molar-refractivity contribution >= 4 is 43.7 Å². The van der Waals surface area contributed by atoms with E-state index in [1.807, 2.05) is 19.1 Å². The average molecular weight is 377 g/mol. The van der Waals surface area contributed by atoms with Gasteiger partial charge in [0.05, 0.1) is 11.0 Å². The fourth-order valence-corrected chi connectivity index (χ4v) is 3.15. The molecule has 2 N–H and O–H groups in total. The highest BCUT2D eigenvalue weighted by molar-refractivity contribution is 9.10. The van der Waals surface area contributed by atoms with Gasteiger partial charge in [-0.2, -0.15) is 0 Å². The fourth-order valence-electron chi connectivity index (χ4n) is 2.80. The number of hydrogen-bond acceptors (Lipinski definition) is 4. The number of fused-ring (bicyclic) bond motifs is 3. The van der Waals surface area contributed by atoms with Crippen LogP contribution in [0.4, 0.5) is 5.82 Å². The van der Waals surface area contributed by atoms with Crippen LogP contribution in [0.15, 0.2) is 22.7 Å². The van der Waals surface area contributed by atoms with Crippen LogP contribution in [-0.2, 0) is 17.9 Å². The van der Waals surface area contributed by atoms with Gasteiger partial charge >= 0.3 is 0 Å². The quantitative estimate of drug-likeness (QED) is 0.726. The highest BCUT2D eigenvalue weighted by Gasteiger charge is 2.18. The van der Waals surface area contributed by atoms with Crippen LogP contribution in [0.1, 0.15) is 26.6 Å². The first-order valence-corrected chi connectivity index (χ1v) is 8.62. The number of aromatic nitrogens is 3. The SMILES string of the molecule is CCOCc1nc2c(N)nc3cc(Br)ccc3c2n1CC(C)C. The van der Waals surface area contributed by atoms with Crippen molar-refractivity contribution in [2.45, 2.75) is 33.9 Å². The Balaban J connectivity index is 2.33. The second-order valence-electron chi connectivity index (χ2n) is 6.03. The lowest BCUT2D eigenvalue weighted by Gasteiger charge is -2.13. The van der Waals surface area contributed by atoms with Crippen LogP contribution in [0.25, 0.3) is 21.9 Å². The minimum atomic E-state index is 0.464. The first kappa shape index (κ1) is 16.2. The normalized spacial score (nSPS) is 11.9. The fraction of sp³-hybridized carbons (Fsp3) is 0.412. The number of anilines is 1. The molecule has 0 fully saturated rings. The number of benzene rings is 1. The van der Waals surface area contributed by atoms with Gasteiger partial charge in [-0.15, -0.1) is 0 Å². The number of rotatable bonds is 5. The molecule has 0 unspecified atom stereocenters. The van der Waals surface area contributed by atoms with E-state index in [9.17, 15) is 0 Å². The van der Waals surface area contributed by atoms with E-state index >= 15 is 0 Å². The number of hydrogen-bond donors (Lipinski definition) is 1. The zero-order valence-corrected chi connectivity index (χ0v) is 15.2. The van der Waals surface area contributed by atoms with Gasteiger partial charge in [-0.1, -0.05) is 29.8 Å². The molecular formula is C17H21BrN4O. The van der Waals surface area contributed by atoms with Gasteiger partial charge in [0.2, 0.25) is 0 Å². The molecule has 0 saturated heterocycles.